The Hall–Kier alpha value is -1.32. The van der Waals surface area contributed by atoms with Gasteiger partial charge in [0.2, 0.25) is 0 Å². The fourth-order valence-electron chi connectivity index (χ4n) is 2.72. The molecule has 0 saturated heterocycles. The fourth-order valence-corrected chi connectivity index (χ4v) is 3.13. The zero-order valence-corrected chi connectivity index (χ0v) is 13.3. The molecule has 1 aliphatic heterocycles. The van der Waals surface area contributed by atoms with Crippen molar-refractivity contribution in [2.45, 2.75) is 19.5 Å². The summed E-state index contributed by atoms with van der Waals surface area (Å²) >= 11 is 3.61. The Labute approximate surface area is 128 Å². The molecule has 0 aromatic heterocycles. The first-order valence-corrected chi connectivity index (χ1v) is 7.79. The second kappa shape index (κ2) is 5.98. The highest BCUT2D eigenvalue weighted by Gasteiger charge is 2.11. The number of fused-ring (bicyclic) bond motifs is 1. The Morgan fingerprint density at radius 3 is 2.85 bits per heavy atom. The standard InChI is InChI=1S/C17H19BrN2/c1-20(12-15-4-2-3-5-16(15)18)11-13-6-7-14-8-9-19-17(14)10-13/h2-7,10,19H,8-9,11-12H2,1H3. The van der Waals surface area contributed by atoms with E-state index in [4.69, 9.17) is 0 Å². The molecule has 1 aliphatic rings. The van der Waals surface area contributed by atoms with Crippen molar-refractivity contribution in [2.24, 2.45) is 0 Å². The van der Waals surface area contributed by atoms with Gasteiger partial charge in [0.25, 0.3) is 0 Å². The van der Waals surface area contributed by atoms with E-state index in [-0.39, 0.29) is 0 Å². The lowest BCUT2D eigenvalue weighted by atomic mass is 10.1. The van der Waals surface area contributed by atoms with E-state index in [0.29, 0.717) is 0 Å². The molecule has 1 N–H and O–H groups in total. The first kappa shape index (κ1) is 13.7. The average molecular weight is 331 g/mol. The van der Waals surface area contributed by atoms with Gasteiger partial charge in [-0.2, -0.15) is 0 Å². The summed E-state index contributed by atoms with van der Waals surface area (Å²) in [7, 11) is 2.17. The van der Waals surface area contributed by atoms with Crippen LogP contribution in [0.1, 0.15) is 16.7 Å². The molecule has 3 heteroatoms. The Bertz CT molecular complexity index is 610. The van der Waals surface area contributed by atoms with Gasteiger partial charge in [0.1, 0.15) is 0 Å². The Kier molecular flexibility index (Phi) is 4.08. The van der Waals surface area contributed by atoms with Gasteiger partial charge in [-0.25, -0.2) is 0 Å². The van der Waals surface area contributed by atoms with Gasteiger partial charge >= 0.3 is 0 Å². The van der Waals surface area contributed by atoms with Crippen LogP contribution < -0.4 is 5.32 Å². The predicted molar refractivity (Wildman–Crippen MR) is 87.9 cm³/mol. The van der Waals surface area contributed by atoms with Crippen LogP contribution in [-0.2, 0) is 19.5 Å². The molecular weight excluding hydrogens is 312 g/mol. The van der Waals surface area contributed by atoms with E-state index >= 15 is 0 Å². The average Bonchev–Trinajstić information content (AvgIpc) is 2.89. The zero-order chi connectivity index (χ0) is 13.9. The number of anilines is 1. The summed E-state index contributed by atoms with van der Waals surface area (Å²) in [4.78, 5) is 2.34. The van der Waals surface area contributed by atoms with Crippen LogP contribution in [0, 0.1) is 0 Å². The summed E-state index contributed by atoms with van der Waals surface area (Å²) < 4.78 is 1.18. The van der Waals surface area contributed by atoms with Gasteiger partial charge < -0.3 is 5.32 Å². The molecule has 0 unspecified atom stereocenters. The number of rotatable bonds is 4. The van der Waals surface area contributed by atoms with E-state index in [1.807, 2.05) is 0 Å². The zero-order valence-electron chi connectivity index (χ0n) is 11.7. The number of halogens is 1. The lowest BCUT2D eigenvalue weighted by Crippen LogP contribution is -2.17. The quantitative estimate of drug-likeness (QED) is 0.909. The van der Waals surface area contributed by atoms with Crippen LogP contribution in [0.2, 0.25) is 0 Å². The number of hydrogen-bond donors (Lipinski definition) is 1. The molecule has 0 saturated carbocycles. The molecule has 0 atom stereocenters. The van der Waals surface area contributed by atoms with E-state index in [1.54, 1.807) is 0 Å². The molecule has 0 bridgehead atoms. The molecule has 20 heavy (non-hydrogen) atoms. The number of nitrogens with zero attached hydrogens (tertiary/aromatic N) is 1. The molecule has 2 nitrogen and oxygen atoms in total. The first-order chi connectivity index (χ1) is 9.72. The molecule has 0 amide bonds. The summed E-state index contributed by atoms with van der Waals surface area (Å²) in [5, 5.41) is 3.45. The van der Waals surface area contributed by atoms with Crippen LogP contribution in [0.5, 0.6) is 0 Å². The van der Waals surface area contributed by atoms with Crippen molar-refractivity contribution in [1.29, 1.82) is 0 Å². The van der Waals surface area contributed by atoms with E-state index in [1.165, 1.54) is 26.9 Å². The highest BCUT2D eigenvalue weighted by molar-refractivity contribution is 9.10. The van der Waals surface area contributed by atoms with Crippen molar-refractivity contribution < 1.29 is 0 Å². The fraction of sp³-hybridized carbons (Fsp3) is 0.294. The summed E-state index contributed by atoms with van der Waals surface area (Å²) in [6.45, 7) is 2.99. The maximum Gasteiger partial charge on any atom is 0.0376 e. The van der Waals surface area contributed by atoms with Gasteiger partial charge in [-0.1, -0.05) is 46.3 Å². The van der Waals surface area contributed by atoms with Crippen molar-refractivity contribution >= 4 is 21.6 Å². The predicted octanol–water partition coefficient (Wildman–Crippen LogP) is 4.05. The molecule has 0 radical (unpaired) electrons. The molecule has 0 spiro atoms. The largest absolute Gasteiger partial charge is 0.384 e. The molecule has 104 valence electrons. The third kappa shape index (κ3) is 3.05. The molecular formula is C17H19BrN2. The summed E-state index contributed by atoms with van der Waals surface area (Å²) in [5.74, 6) is 0. The van der Waals surface area contributed by atoms with E-state index < -0.39 is 0 Å². The lowest BCUT2D eigenvalue weighted by molar-refractivity contribution is 0.318. The van der Waals surface area contributed by atoms with Gasteiger partial charge in [-0.15, -0.1) is 0 Å². The monoisotopic (exact) mass is 330 g/mol. The normalized spacial score (nSPS) is 13.3. The van der Waals surface area contributed by atoms with Crippen LogP contribution in [0.25, 0.3) is 0 Å². The van der Waals surface area contributed by atoms with Gasteiger partial charge in [-0.3, -0.25) is 4.90 Å². The van der Waals surface area contributed by atoms with Crippen LogP contribution in [0.4, 0.5) is 5.69 Å². The maximum absolute atomic E-state index is 3.61. The summed E-state index contributed by atoms with van der Waals surface area (Å²) in [6.07, 6.45) is 1.16. The molecule has 1 heterocycles. The minimum absolute atomic E-state index is 0.950. The van der Waals surface area contributed by atoms with Crippen LogP contribution in [0.3, 0.4) is 0 Å². The molecule has 3 rings (SSSR count). The maximum atomic E-state index is 3.61. The minimum Gasteiger partial charge on any atom is -0.384 e. The van der Waals surface area contributed by atoms with E-state index in [9.17, 15) is 0 Å². The third-order valence-electron chi connectivity index (χ3n) is 3.73. The highest BCUT2D eigenvalue weighted by atomic mass is 79.9. The lowest BCUT2D eigenvalue weighted by Gasteiger charge is -2.18. The number of hydrogen-bond acceptors (Lipinski definition) is 2. The SMILES string of the molecule is CN(Cc1ccc2c(c1)NCC2)Cc1ccccc1Br. The van der Waals surface area contributed by atoms with Crippen LogP contribution in [0.15, 0.2) is 46.9 Å². The van der Waals surface area contributed by atoms with Gasteiger partial charge in [0.15, 0.2) is 0 Å². The van der Waals surface area contributed by atoms with Crippen molar-refractivity contribution in [3.05, 3.63) is 63.6 Å². The second-order valence-electron chi connectivity index (χ2n) is 5.43. The third-order valence-corrected chi connectivity index (χ3v) is 4.51. The van der Waals surface area contributed by atoms with E-state index in [0.717, 1.165) is 26.1 Å². The molecule has 2 aromatic rings. The first-order valence-electron chi connectivity index (χ1n) is 7.00. The second-order valence-corrected chi connectivity index (χ2v) is 6.29. The molecule has 0 aliphatic carbocycles. The highest BCUT2D eigenvalue weighted by Crippen LogP contribution is 2.24. The van der Waals surface area contributed by atoms with Crippen molar-refractivity contribution in [3.63, 3.8) is 0 Å². The topological polar surface area (TPSA) is 15.3 Å². The summed E-state index contributed by atoms with van der Waals surface area (Å²) in [6, 6.07) is 15.2. The van der Waals surface area contributed by atoms with Crippen LogP contribution >= 0.6 is 15.9 Å². The van der Waals surface area contributed by atoms with Gasteiger partial charge in [0.05, 0.1) is 0 Å². The summed E-state index contributed by atoms with van der Waals surface area (Å²) in [5.41, 5.74) is 5.46. The number of benzene rings is 2. The molecule has 2 aromatic carbocycles. The Balaban J connectivity index is 1.67. The number of nitrogens with one attached hydrogen (secondary N) is 1. The Morgan fingerprint density at radius 2 is 2.00 bits per heavy atom. The van der Waals surface area contributed by atoms with Crippen molar-refractivity contribution in [1.82, 2.24) is 4.90 Å². The minimum atomic E-state index is 0.950. The van der Waals surface area contributed by atoms with Crippen LogP contribution in [-0.4, -0.2) is 18.5 Å². The van der Waals surface area contributed by atoms with E-state index in [2.05, 4.69) is 75.7 Å². The molecule has 0 fully saturated rings. The van der Waals surface area contributed by atoms with Crippen molar-refractivity contribution in [3.8, 4) is 0 Å². The van der Waals surface area contributed by atoms with Gasteiger partial charge in [0, 0.05) is 29.8 Å². The Morgan fingerprint density at radius 1 is 1.15 bits per heavy atom. The van der Waals surface area contributed by atoms with Crippen molar-refractivity contribution in [2.75, 3.05) is 18.9 Å². The van der Waals surface area contributed by atoms with Gasteiger partial charge in [-0.05, 0) is 42.3 Å². The smallest absolute Gasteiger partial charge is 0.0376 e.